The van der Waals surface area contributed by atoms with Gasteiger partial charge in [-0.15, -0.1) is 11.3 Å². The van der Waals surface area contributed by atoms with Crippen molar-refractivity contribution < 1.29 is 4.79 Å². The van der Waals surface area contributed by atoms with Crippen LogP contribution in [-0.2, 0) is 17.6 Å². The van der Waals surface area contributed by atoms with Gasteiger partial charge in [0.1, 0.15) is 5.82 Å². The van der Waals surface area contributed by atoms with Crippen molar-refractivity contribution in [3.8, 4) is 5.69 Å². The van der Waals surface area contributed by atoms with E-state index in [2.05, 4.69) is 26.8 Å². The van der Waals surface area contributed by atoms with Crippen molar-refractivity contribution in [3.05, 3.63) is 58.6 Å². The molecule has 7 heteroatoms. The topological polar surface area (TPSA) is 72.7 Å². The van der Waals surface area contributed by atoms with Gasteiger partial charge in [-0.2, -0.15) is 5.10 Å². The van der Waals surface area contributed by atoms with Crippen LogP contribution in [0.1, 0.15) is 29.9 Å². The SMILES string of the molecule is CC(=O)NCCCc1nc(Cc2cccs2)nn1-c1ccncc1. The summed E-state index contributed by atoms with van der Waals surface area (Å²) in [4.78, 5) is 21.0. The van der Waals surface area contributed by atoms with Crippen LogP contribution < -0.4 is 5.32 Å². The molecule has 0 saturated heterocycles. The molecule has 24 heavy (non-hydrogen) atoms. The van der Waals surface area contributed by atoms with Gasteiger partial charge in [-0.05, 0) is 30.0 Å². The molecule has 0 aromatic carbocycles. The Balaban J connectivity index is 1.78. The van der Waals surface area contributed by atoms with Crippen LogP contribution in [0.15, 0.2) is 42.0 Å². The second kappa shape index (κ2) is 7.83. The van der Waals surface area contributed by atoms with Gasteiger partial charge in [-0.1, -0.05) is 6.07 Å². The molecule has 0 aliphatic carbocycles. The van der Waals surface area contributed by atoms with E-state index in [0.717, 1.165) is 36.6 Å². The fraction of sp³-hybridized carbons (Fsp3) is 0.294. The molecular weight excluding hydrogens is 322 g/mol. The van der Waals surface area contributed by atoms with E-state index < -0.39 is 0 Å². The number of hydrogen-bond donors (Lipinski definition) is 1. The van der Waals surface area contributed by atoms with E-state index in [1.54, 1.807) is 23.7 Å². The minimum atomic E-state index is -0.0102. The predicted octanol–water partition coefficient (Wildman–Crippen LogP) is 2.38. The monoisotopic (exact) mass is 341 g/mol. The Hall–Kier alpha value is -2.54. The van der Waals surface area contributed by atoms with Gasteiger partial charge in [0.15, 0.2) is 5.82 Å². The molecule has 0 bridgehead atoms. The van der Waals surface area contributed by atoms with E-state index in [0.29, 0.717) is 6.54 Å². The third kappa shape index (κ3) is 4.26. The number of hydrogen-bond acceptors (Lipinski definition) is 5. The molecule has 0 spiro atoms. The van der Waals surface area contributed by atoms with Gasteiger partial charge in [0.05, 0.1) is 5.69 Å². The number of carbonyl (C=O) groups excluding carboxylic acids is 1. The molecule has 3 aromatic rings. The van der Waals surface area contributed by atoms with Crippen LogP contribution in [0, 0.1) is 0 Å². The molecule has 0 aliphatic rings. The van der Waals surface area contributed by atoms with Crippen molar-refractivity contribution >= 4 is 17.2 Å². The largest absolute Gasteiger partial charge is 0.356 e. The Kier molecular flexibility index (Phi) is 5.32. The number of aryl methyl sites for hydroxylation is 1. The first-order valence-corrected chi connectivity index (χ1v) is 8.72. The van der Waals surface area contributed by atoms with Crippen LogP contribution >= 0.6 is 11.3 Å². The normalized spacial score (nSPS) is 10.7. The first-order chi connectivity index (χ1) is 11.7. The molecule has 0 unspecified atom stereocenters. The summed E-state index contributed by atoms with van der Waals surface area (Å²) in [5.74, 6) is 1.70. The molecule has 124 valence electrons. The molecule has 6 nitrogen and oxygen atoms in total. The minimum Gasteiger partial charge on any atom is -0.356 e. The molecule has 3 heterocycles. The van der Waals surface area contributed by atoms with E-state index in [1.165, 1.54) is 11.8 Å². The van der Waals surface area contributed by atoms with Gasteiger partial charge in [-0.3, -0.25) is 9.78 Å². The Morgan fingerprint density at radius 2 is 2.12 bits per heavy atom. The molecule has 0 saturated carbocycles. The highest BCUT2D eigenvalue weighted by Gasteiger charge is 2.12. The third-order valence-electron chi connectivity index (χ3n) is 3.49. The number of thiophene rings is 1. The Bertz CT molecular complexity index is 783. The first-order valence-electron chi connectivity index (χ1n) is 7.84. The van der Waals surface area contributed by atoms with Gasteiger partial charge in [0, 0.05) is 43.6 Å². The van der Waals surface area contributed by atoms with Crippen molar-refractivity contribution in [1.82, 2.24) is 25.1 Å². The zero-order valence-electron chi connectivity index (χ0n) is 13.5. The second-order valence-corrected chi connectivity index (χ2v) is 6.44. The fourth-order valence-electron chi connectivity index (χ4n) is 2.40. The molecule has 3 rings (SSSR count). The van der Waals surface area contributed by atoms with Crippen molar-refractivity contribution in [2.45, 2.75) is 26.2 Å². The number of carbonyl (C=O) groups is 1. The number of aromatic nitrogens is 4. The minimum absolute atomic E-state index is 0.0102. The number of rotatable bonds is 7. The van der Waals surface area contributed by atoms with Crippen LogP contribution in [0.3, 0.4) is 0 Å². The summed E-state index contributed by atoms with van der Waals surface area (Å²) in [6, 6.07) is 7.96. The maximum absolute atomic E-state index is 11.0. The van der Waals surface area contributed by atoms with Gasteiger partial charge in [-0.25, -0.2) is 9.67 Å². The highest BCUT2D eigenvalue weighted by molar-refractivity contribution is 7.09. The van der Waals surface area contributed by atoms with Gasteiger partial charge in [0.25, 0.3) is 0 Å². The van der Waals surface area contributed by atoms with Crippen LogP contribution in [0.4, 0.5) is 0 Å². The molecule has 3 aromatic heterocycles. The van der Waals surface area contributed by atoms with Crippen molar-refractivity contribution in [2.24, 2.45) is 0 Å². The lowest BCUT2D eigenvalue weighted by atomic mass is 10.3. The average Bonchev–Trinajstić information content (AvgIpc) is 3.22. The molecule has 0 aliphatic heterocycles. The maximum atomic E-state index is 11.0. The number of pyridine rings is 1. The van der Waals surface area contributed by atoms with Crippen molar-refractivity contribution in [1.29, 1.82) is 0 Å². The number of nitrogens with zero attached hydrogens (tertiary/aromatic N) is 4. The second-order valence-electron chi connectivity index (χ2n) is 5.40. The van der Waals surface area contributed by atoms with Crippen molar-refractivity contribution in [2.75, 3.05) is 6.54 Å². The summed E-state index contributed by atoms with van der Waals surface area (Å²) in [7, 11) is 0. The highest BCUT2D eigenvalue weighted by atomic mass is 32.1. The maximum Gasteiger partial charge on any atom is 0.216 e. The lowest BCUT2D eigenvalue weighted by Gasteiger charge is -2.05. The quantitative estimate of drug-likeness (QED) is 0.670. The zero-order chi connectivity index (χ0) is 16.8. The molecule has 0 radical (unpaired) electrons. The van der Waals surface area contributed by atoms with E-state index in [4.69, 9.17) is 4.98 Å². The zero-order valence-corrected chi connectivity index (χ0v) is 14.3. The first kappa shape index (κ1) is 16.3. The van der Waals surface area contributed by atoms with Crippen LogP contribution in [0.25, 0.3) is 5.69 Å². The van der Waals surface area contributed by atoms with Crippen LogP contribution in [0.5, 0.6) is 0 Å². The molecule has 1 N–H and O–H groups in total. The Labute approximate surface area is 144 Å². The highest BCUT2D eigenvalue weighted by Crippen LogP contribution is 2.16. The fourth-order valence-corrected chi connectivity index (χ4v) is 3.10. The van der Waals surface area contributed by atoms with E-state index >= 15 is 0 Å². The predicted molar refractivity (Wildman–Crippen MR) is 93.3 cm³/mol. The van der Waals surface area contributed by atoms with E-state index in [9.17, 15) is 4.79 Å². The standard InChI is InChI=1S/C17H19N5OS/c1-13(23)19-8-2-5-17-20-16(12-15-4-3-11-24-15)21-22(17)14-6-9-18-10-7-14/h3-4,6-7,9-11H,2,5,8,12H2,1H3,(H,19,23). The lowest BCUT2D eigenvalue weighted by molar-refractivity contribution is -0.118. The van der Waals surface area contributed by atoms with E-state index in [1.807, 2.05) is 22.9 Å². The average molecular weight is 341 g/mol. The Morgan fingerprint density at radius 1 is 1.29 bits per heavy atom. The Morgan fingerprint density at radius 3 is 2.83 bits per heavy atom. The summed E-state index contributed by atoms with van der Waals surface area (Å²) in [6.07, 6.45) is 5.80. The lowest BCUT2D eigenvalue weighted by Crippen LogP contribution is -2.21. The molecule has 0 fully saturated rings. The smallest absolute Gasteiger partial charge is 0.216 e. The van der Waals surface area contributed by atoms with Crippen molar-refractivity contribution in [3.63, 3.8) is 0 Å². The summed E-state index contributed by atoms with van der Waals surface area (Å²) in [5, 5.41) is 9.54. The van der Waals surface area contributed by atoms with Gasteiger partial charge in [0.2, 0.25) is 5.91 Å². The summed E-state index contributed by atoms with van der Waals surface area (Å²) in [6.45, 7) is 2.16. The van der Waals surface area contributed by atoms with Gasteiger partial charge < -0.3 is 5.32 Å². The summed E-state index contributed by atoms with van der Waals surface area (Å²) >= 11 is 1.71. The summed E-state index contributed by atoms with van der Waals surface area (Å²) in [5.41, 5.74) is 0.949. The van der Waals surface area contributed by atoms with Crippen LogP contribution in [0.2, 0.25) is 0 Å². The molecule has 0 atom stereocenters. The molecule has 1 amide bonds. The number of nitrogens with one attached hydrogen (secondary N) is 1. The summed E-state index contributed by atoms with van der Waals surface area (Å²) < 4.78 is 1.87. The van der Waals surface area contributed by atoms with Crippen LogP contribution in [-0.4, -0.2) is 32.2 Å². The van der Waals surface area contributed by atoms with Gasteiger partial charge >= 0.3 is 0 Å². The number of amides is 1. The molecular formula is C17H19N5OS. The van der Waals surface area contributed by atoms with E-state index in [-0.39, 0.29) is 5.91 Å². The third-order valence-corrected chi connectivity index (χ3v) is 4.37.